The molecule has 0 spiro atoms. The van der Waals surface area contributed by atoms with Gasteiger partial charge in [-0.25, -0.2) is 0 Å². The smallest absolute Gasteiger partial charge is 0.00886 e. The average molecular weight is 274 g/mol. The van der Waals surface area contributed by atoms with E-state index in [0.717, 1.165) is 19.3 Å². The van der Waals surface area contributed by atoms with Gasteiger partial charge in [0.15, 0.2) is 0 Å². The van der Waals surface area contributed by atoms with Crippen molar-refractivity contribution in [1.82, 2.24) is 0 Å². The minimum Gasteiger partial charge on any atom is -0.120 e. The van der Waals surface area contributed by atoms with Gasteiger partial charge in [-0.15, -0.1) is 24.2 Å². The second kappa shape index (κ2) is 18.1. The lowest BCUT2D eigenvalue weighted by Gasteiger charge is -2.01. The Morgan fingerprint density at radius 3 is 1.40 bits per heavy atom. The fourth-order valence-corrected chi connectivity index (χ4v) is 2.30. The molecule has 0 nitrogen and oxygen atoms in total. The first-order valence-corrected chi connectivity index (χ1v) is 8.81. The molecule has 0 saturated heterocycles. The lowest BCUT2D eigenvalue weighted by molar-refractivity contribution is 0.555. The zero-order valence-electron chi connectivity index (χ0n) is 13.7. The SMILES string of the molecule is C#CCCCCCCCCCCCCC#CCCCC. The molecule has 0 bridgehead atoms. The lowest BCUT2D eigenvalue weighted by Crippen LogP contribution is -1.82. The Labute approximate surface area is 128 Å². The van der Waals surface area contributed by atoms with Crippen LogP contribution in [0.5, 0.6) is 0 Å². The number of hydrogen-bond acceptors (Lipinski definition) is 0. The van der Waals surface area contributed by atoms with Crippen LogP contribution in [0.1, 0.15) is 103 Å². The van der Waals surface area contributed by atoms with Gasteiger partial charge in [-0.3, -0.25) is 0 Å². The maximum absolute atomic E-state index is 5.23. The summed E-state index contributed by atoms with van der Waals surface area (Å²) in [5.74, 6) is 9.26. The minimum atomic E-state index is 0.960. The Hall–Kier alpha value is -0.880. The van der Waals surface area contributed by atoms with Crippen LogP contribution in [0.2, 0.25) is 0 Å². The maximum atomic E-state index is 5.23. The molecule has 114 valence electrons. The Morgan fingerprint density at radius 1 is 0.550 bits per heavy atom. The van der Waals surface area contributed by atoms with Crippen molar-refractivity contribution in [3.63, 3.8) is 0 Å². The van der Waals surface area contributed by atoms with Crippen molar-refractivity contribution in [2.24, 2.45) is 0 Å². The largest absolute Gasteiger partial charge is 0.120 e. The van der Waals surface area contributed by atoms with Gasteiger partial charge in [-0.2, -0.15) is 0 Å². The third kappa shape index (κ3) is 17.1. The van der Waals surface area contributed by atoms with E-state index in [0.29, 0.717) is 0 Å². The topological polar surface area (TPSA) is 0 Å². The Balaban J connectivity index is 3.02. The highest BCUT2D eigenvalue weighted by atomic mass is 14.0. The summed E-state index contributed by atoms with van der Waals surface area (Å²) in [6.07, 6.45) is 24.5. The zero-order chi connectivity index (χ0) is 14.7. The van der Waals surface area contributed by atoms with Crippen LogP contribution < -0.4 is 0 Å². The molecule has 0 saturated carbocycles. The highest BCUT2D eigenvalue weighted by Gasteiger charge is 1.92. The molecule has 0 aromatic heterocycles. The Bertz CT molecular complexity index is 271. The molecule has 0 amide bonds. The number of hydrogen-bond donors (Lipinski definition) is 0. The van der Waals surface area contributed by atoms with Crippen LogP contribution in [0.3, 0.4) is 0 Å². The number of rotatable bonds is 13. The van der Waals surface area contributed by atoms with E-state index in [1.165, 1.54) is 77.0 Å². The minimum absolute atomic E-state index is 0.960. The van der Waals surface area contributed by atoms with Crippen LogP contribution >= 0.6 is 0 Å². The van der Waals surface area contributed by atoms with Crippen LogP contribution in [0, 0.1) is 24.2 Å². The second-order valence-corrected chi connectivity index (χ2v) is 5.70. The normalized spacial score (nSPS) is 9.80. The quantitative estimate of drug-likeness (QED) is 0.266. The van der Waals surface area contributed by atoms with Gasteiger partial charge in [0.25, 0.3) is 0 Å². The van der Waals surface area contributed by atoms with E-state index in [1.54, 1.807) is 0 Å². The van der Waals surface area contributed by atoms with E-state index in [2.05, 4.69) is 24.7 Å². The summed E-state index contributed by atoms with van der Waals surface area (Å²) in [4.78, 5) is 0. The van der Waals surface area contributed by atoms with E-state index in [4.69, 9.17) is 6.42 Å². The van der Waals surface area contributed by atoms with Crippen LogP contribution in [-0.4, -0.2) is 0 Å². The van der Waals surface area contributed by atoms with Crippen molar-refractivity contribution < 1.29 is 0 Å². The summed E-state index contributed by atoms with van der Waals surface area (Å²) in [5.41, 5.74) is 0. The van der Waals surface area contributed by atoms with Gasteiger partial charge in [0.2, 0.25) is 0 Å². The summed E-state index contributed by atoms with van der Waals surface area (Å²) in [7, 11) is 0. The van der Waals surface area contributed by atoms with E-state index in [9.17, 15) is 0 Å². The lowest BCUT2D eigenvalue weighted by atomic mass is 10.1. The molecule has 0 aromatic rings. The predicted molar refractivity (Wildman–Crippen MR) is 91.5 cm³/mol. The van der Waals surface area contributed by atoms with Crippen molar-refractivity contribution in [3.05, 3.63) is 0 Å². The van der Waals surface area contributed by atoms with Gasteiger partial charge in [0.05, 0.1) is 0 Å². The molecule has 0 heterocycles. The molecule has 0 rings (SSSR count). The molecule has 0 aliphatic carbocycles. The average Bonchev–Trinajstić information content (AvgIpc) is 2.47. The highest BCUT2D eigenvalue weighted by Crippen LogP contribution is 2.11. The van der Waals surface area contributed by atoms with Gasteiger partial charge in [-0.1, -0.05) is 64.7 Å². The summed E-state index contributed by atoms with van der Waals surface area (Å²) in [5, 5.41) is 0. The molecule has 20 heavy (non-hydrogen) atoms. The highest BCUT2D eigenvalue weighted by molar-refractivity contribution is 4.98. The van der Waals surface area contributed by atoms with Crippen LogP contribution in [0.25, 0.3) is 0 Å². The number of terminal acetylenes is 1. The van der Waals surface area contributed by atoms with Crippen molar-refractivity contribution in [2.75, 3.05) is 0 Å². The monoisotopic (exact) mass is 274 g/mol. The summed E-state index contributed by atoms with van der Waals surface area (Å²) in [6.45, 7) is 2.22. The van der Waals surface area contributed by atoms with Crippen molar-refractivity contribution >= 4 is 0 Å². The van der Waals surface area contributed by atoms with Crippen molar-refractivity contribution in [3.8, 4) is 24.2 Å². The van der Waals surface area contributed by atoms with Gasteiger partial charge in [-0.05, 0) is 19.3 Å². The van der Waals surface area contributed by atoms with Crippen molar-refractivity contribution in [1.29, 1.82) is 0 Å². The summed E-state index contributed by atoms with van der Waals surface area (Å²) in [6, 6.07) is 0. The fourth-order valence-electron chi connectivity index (χ4n) is 2.30. The first-order valence-electron chi connectivity index (χ1n) is 8.81. The summed E-state index contributed by atoms with van der Waals surface area (Å²) >= 11 is 0. The fraction of sp³-hybridized carbons (Fsp3) is 0.800. The van der Waals surface area contributed by atoms with Gasteiger partial charge >= 0.3 is 0 Å². The van der Waals surface area contributed by atoms with E-state index in [1.807, 2.05) is 0 Å². The first kappa shape index (κ1) is 19.1. The molecule has 0 aliphatic heterocycles. The number of unbranched alkanes of at least 4 members (excludes halogenated alkanes) is 13. The second-order valence-electron chi connectivity index (χ2n) is 5.70. The van der Waals surface area contributed by atoms with Crippen LogP contribution in [0.15, 0.2) is 0 Å². The van der Waals surface area contributed by atoms with Crippen LogP contribution in [-0.2, 0) is 0 Å². The molecule has 0 radical (unpaired) electrons. The van der Waals surface area contributed by atoms with Crippen molar-refractivity contribution in [2.45, 2.75) is 103 Å². The van der Waals surface area contributed by atoms with Crippen LogP contribution in [0.4, 0.5) is 0 Å². The first-order chi connectivity index (χ1) is 9.91. The molecule has 0 atom stereocenters. The molecule has 0 aromatic carbocycles. The molecule has 0 N–H and O–H groups in total. The molecule has 0 unspecified atom stereocenters. The van der Waals surface area contributed by atoms with Gasteiger partial charge in [0, 0.05) is 19.3 Å². The Kier molecular flexibility index (Phi) is 17.3. The Morgan fingerprint density at radius 2 is 0.950 bits per heavy atom. The molecule has 0 fully saturated rings. The molecular formula is C20H34. The van der Waals surface area contributed by atoms with E-state index in [-0.39, 0.29) is 0 Å². The molecule has 0 heteroatoms. The third-order valence-electron chi connectivity index (χ3n) is 3.65. The molecule has 0 aliphatic rings. The third-order valence-corrected chi connectivity index (χ3v) is 3.65. The molecular weight excluding hydrogens is 240 g/mol. The van der Waals surface area contributed by atoms with E-state index >= 15 is 0 Å². The van der Waals surface area contributed by atoms with E-state index < -0.39 is 0 Å². The summed E-state index contributed by atoms with van der Waals surface area (Å²) < 4.78 is 0. The predicted octanol–water partition coefficient (Wildman–Crippen LogP) is 6.49. The maximum Gasteiger partial charge on any atom is 0.00886 e. The van der Waals surface area contributed by atoms with Gasteiger partial charge < -0.3 is 0 Å². The zero-order valence-corrected chi connectivity index (χ0v) is 13.7. The standard InChI is InChI=1S/C20H34/c1-3-5-7-9-11-13-15-17-19-20-18-16-14-12-10-8-6-4-2/h1H,4-9,11,13-20H2,2H3. The van der Waals surface area contributed by atoms with Gasteiger partial charge in [0.1, 0.15) is 0 Å².